The number of rotatable bonds is 5. The van der Waals surface area contributed by atoms with Crippen molar-refractivity contribution in [3.05, 3.63) is 77.1 Å². The van der Waals surface area contributed by atoms with Gasteiger partial charge in [-0.3, -0.25) is 4.79 Å². The van der Waals surface area contributed by atoms with E-state index < -0.39 is 0 Å². The van der Waals surface area contributed by atoms with Crippen LogP contribution in [0, 0.1) is 13.8 Å². The molecule has 29 heavy (non-hydrogen) atoms. The lowest BCUT2D eigenvalue weighted by molar-refractivity contribution is -0.116. The summed E-state index contributed by atoms with van der Waals surface area (Å²) in [6, 6.07) is 15.6. The maximum atomic E-state index is 12.4. The number of nitrogens with one attached hydrogen (secondary N) is 1. The molecular weight excluding hydrogens is 366 g/mol. The number of nitrogens with zero attached hydrogens (tertiary/aromatic N) is 2. The number of amides is 1. The number of aromatic nitrogens is 2. The fourth-order valence-electron chi connectivity index (χ4n) is 3.39. The van der Waals surface area contributed by atoms with Crippen molar-refractivity contribution in [3.63, 3.8) is 0 Å². The lowest BCUT2D eigenvalue weighted by atomic mass is 10.1. The average Bonchev–Trinajstić information content (AvgIpc) is 3.04. The highest BCUT2D eigenvalue weighted by Crippen LogP contribution is 2.33. The van der Waals surface area contributed by atoms with Crippen LogP contribution in [-0.2, 0) is 11.3 Å². The zero-order chi connectivity index (χ0) is 20.2. The molecular formula is C23H23N3O3. The monoisotopic (exact) mass is 389 g/mol. The number of hydrogen-bond acceptors (Lipinski definition) is 4. The summed E-state index contributed by atoms with van der Waals surface area (Å²) in [6.45, 7) is 5.37. The first kappa shape index (κ1) is 18.8. The van der Waals surface area contributed by atoms with Crippen LogP contribution in [0.25, 0.3) is 11.8 Å². The third kappa shape index (κ3) is 4.01. The Morgan fingerprint density at radius 2 is 1.90 bits per heavy atom. The van der Waals surface area contributed by atoms with E-state index in [1.54, 1.807) is 6.08 Å². The lowest BCUT2D eigenvalue weighted by Crippen LogP contribution is -2.22. The molecule has 1 N–H and O–H groups in total. The molecule has 1 amide bonds. The van der Waals surface area contributed by atoms with Crippen LogP contribution in [0.3, 0.4) is 0 Å². The van der Waals surface area contributed by atoms with Gasteiger partial charge in [-0.05, 0) is 38.1 Å². The molecule has 1 aromatic heterocycles. The topological polar surface area (TPSA) is 65.4 Å². The third-order valence-corrected chi connectivity index (χ3v) is 4.85. The molecule has 0 unspecified atom stereocenters. The molecule has 6 heteroatoms. The van der Waals surface area contributed by atoms with Crippen LogP contribution < -0.4 is 14.8 Å². The maximum absolute atomic E-state index is 12.4. The van der Waals surface area contributed by atoms with E-state index in [0.29, 0.717) is 25.5 Å². The van der Waals surface area contributed by atoms with Crippen LogP contribution in [0.4, 0.5) is 0 Å². The molecule has 148 valence electrons. The van der Waals surface area contributed by atoms with Gasteiger partial charge in [0.05, 0.1) is 11.4 Å². The van der Waals surface area contributed by atoms with Crippen LogP contribution in [0.2, 0.25) is 0 Å². The Balaban J connectivity index is 1.45. The Hall–Kier alpha value is -3.54. The number of ether oxygens (including phenoxy) is 2. The van der Waals surface area contributed by atoms with Crippen LogP contribution in [0.1, 0.15) is 22.5 Å². The standard InChI is InChI=1S/C23H23N3O3/c1-16-20(17(2)26(25-16)19-8-4-3-5-9-19)11-12-22(27)24-15-18-7-6-10-21-23(18)29-14-13-28-21/h3-12H,13-15H2,1-2H3,(H,24,27)/b12-11+. The molecule has 6 nitrogen and oxygen atoms in total. The van der Waals surface area contributed by atoms with E-state index in [1.165, 1.54) is 0 Å². The summed E-state index contributed by atoms with van der Waals surface area (Å²) < 4.78 is 13.2. The summed E-state index contributed by atoms with van der Waals surface area (Å²) >= 11 is 0. The second kappa shape index (κ2) is 8.22. The van der Waals surface area contributed by atoms with Gasteiger partial charge < -0.3 is 14.8 Å². The predicted molar refractivity (Wildman–Crippen MR) is 111 cm³/mol. The Morgan fingerprint density at radius 1 is 1.10 bits per heavy atom. The number of hydrogen-bond donors (Lipinski definition) is 1. The molecule has 3 aromatic rings. The van der Waals surface area contributed by atoms with Gasteiger partial charge in [0, 0.05) is 29.4 Å². The van der Waals surface area contributed by atoms with E-state index in [-0.39, 0.29) is 5.91 Å². The molecule has 2 heterocycles. The van der Waals surface area contributed by atoms with Gasteiger partial charge in [0.15, 0.2) is 11.5 Å². The number of aryl methyl sites for hydroxylation is 1. The van der Waals surface area contributed by atoms with E-state index in [9.17, 15) is 4.79 Å². The summed E-state index contributed by atoms with van der Waals surface area (Å²) in [7, 11) is 0. The summed E-state index contributed by atoms with van der Waals surface area (Å²) in [5.41, 5.74) is 4.69. The van der Waals surface area contributed by atoms with Crippen LogP contribution in [0.15, 0.2) is 54.6 Å². The van der Waals surface area contributed by atoms with Crippen LogP contribution in [-0.4, -0.2) is 28.9 Å². The third-order valence-electron chi connectivity index (χ3n) is 4.85. The van der Waals surface area contributed by atoms with Gasteiger partial charge >= 0.3 is 0 Å². The Morgan fingerprint density at radius 3 is 2.72 bits per heavy atom. The normalized spacial score (nSPS) is 12.9. The minimum absolute atomic E-state index is 0.175. The summed E-state index contributed by atoms with van der Waals surface area (Å²) in [6.07, 6.45) is 3.35. The van der Waals surface area contributed by atoms with Gasteiger partial charge in [0.2, 0.25) is 5.91 Å². The highest BCUT2D eigenvalue weighted by Gasteiger charge is 2.16. The molecule has 0 atom stereocenters. The van der Waals surface area contributed by atoms with Crippen molar-refractivity contribution in [2.24, 2.45) is 0 Å². The van der Waals surface area contributed by atoms with Crippen molar-refractivity contribution in [1.29, 1.82) is 0 Å². The minimum Gasteiger partial charge on any atom is -0.486 e. The van der Waals surface area contributed by atoms with E-state index in [2.05, 4.69) is 10.4 Å². The highest BCUT2D eigenvalue weighted by molar-refractivity contribution is 5.92. The fourth-order valence-corrected chi connectivity index (χ4v) is 3.39. The van der Waals surface area contributed by atoms with E-state index >= 15 is 0 Å². The van der Waals surface area contributed by atoms with E-state index in [0.717, 1.165) is 34.0 Å². The predicted octanol–water partition coefficient (Wildman–Crippen LogP) is 3.59. The van der Waals surface area contributed by atoms with Crippen molar-refractivity contribution in [1.82, 2.24) is 15.1 Å². The van der Waals surface area contributed by atoms with E-state index in [4.69, 9.17) is 9.47 Å². The van der Waals surface area contributed by atoms with E-state index in [1.807, 2.05) is 73.1 Å². The van der Waals surface area contributed by atoms with Crippen LogP contribution in [0.5, 0.6) is 11.5 Å². The second-order valence-electron chi connectivity index (χ2n) is 6.82. The first-order valence-electron chi connectivity index (χ1n) is 9.58. The van der Waals surface area contributed by atoms with Crippen molar-refractivity contribution in [2.45, 2.75) is 20.4 Å². The molecule has 0 aliphatic carbocycles. The summed E-state index contributed by atoms with van der Waals surface area (Å²) in [5, 5.41) is 7.51. The fraction of sp³-hybridized carbons (Fsp3) is 0.217. The summed E-state index contributed by atoms with van der Waals surface area (Å²) in [4.78, 5) is 12.4. The molecule has 0 radical (unpaired) electrons. The molecule has 0 fully saturated rings. The van der Waals surface area contributed by atoms with Crippen molar-refractivity contribution < 1.29 is 14.3 Å². The van der Waals surface area contributed by atoms with Gasteiger partial charge in [0.1, 0.15) is 13.2 Å². The molecule has 1 aliphatic heterocycles. The molecule has 0 saturated carbocycles. The van der Waals surface area contributed by atoms with Gasteiger partial charge in [-0.1, -0.05) is 30.3 Å². The highest BCUT2D eigenvalue weighted by atomic mass is 16.6. The second-order valence-corrected chi connectivity index (χ2v) is 6.82. The van der Waals surface area contributed by atoms with Gasteiger partial charge in [-0.15, -0.1) is 0 Å². The molecule has 0 bridgehead atoms. The van der Waals surface area contributed by atoms with Gasteiger partial charge in [-0.2, -0.15) is 5.10 Å². The zero-order valence-electron chi connectivity index (χ0n) is 16.5. The first-order chi connectivity index (χ1) is 14.1. The molecule has 0 saturated heterocycles. The summed E-state index contributed by atoms with van der Waals surface area (Å²) in [5.74, 6) is 1.25. The first-order valence-corrected chi connectivity index (χ1v) is 9.58. The van der Waals surface area contributed by atoms with Crippen LogP contribution >= 0.6 is 0 Å². The molecule has 0 spiro atoms. The zero-order valence-corrected chi connectivity index (χ0v) is 16.5. The lowest BCUT2D eigenvalue weighted by Gasteiger charge is -2.20. The number of fused-ring (bicyclic) bond motifs is 1. The number of benzene rings is 2. The maximum Gasteiger partial charge on any atom is 0.244 e. The minimum atomic E-state index is -0.175. The van der Waals surface area contributed by atoms with Gasteiger partial charge in [0.25, 0.3) is 0 Å². The number of carbonyl (C=O) groups excluding carboxylic acids is 1. The number of carbonyl (C=O) groups is 1. The van der Waals surface area contributed by atoms with Gasteiger partial charge in [-0.25, -0.2) is 4.68 Å². The Bertz CT molecular complexity index is 1050. The van der Waals surface area contributed by atoms with Crippen molar-refractivity contribution >= 4 is 12.0 Å². The molecule has 2 aromatic carbocycles. The average molecular weight is 389 g/mol. The largest absolute Gasteiger partial charge is 0.486 e. The van der Waals surface area contributed by atoms with Crippen molar-refractivity contribution in [3.8, 4) is 17.2 Å². The number of para-hydroxylation sites is 2. The smallest absolute Gasteiger partial charge is 0.244 e. The molecule has 4 rings (SSSR count). The Labute approximate surface area is 169 Å². The SMILES string of the molecule is Cc1nn(-c2ccccc2)c(C)c1/C=C/C(=O)NCc1cccc2c1OCCO2. The quantitative estimate of drug-likeness (QED) is 0.678. The molecule has 1 aliphatic rings. The van der Waals surface area contributed by atoms with Crippen molar-refractivity contribution in [2.75, 3.05) is 13.2 Å². The Kier molecular flexibility index (Phi) is 5.33.